The lowest BCUT2D eigenvalue weighted by Gasteiger charge is -2.62. The Hall–Kier alpha value is -2.46. The van der Waals surface area contributed by atoms with Crippen molar-refractivity contribution in [2.75, 3.05) is 0 Å². The molecule has 1 aromatic heterocycles. The van der Waals surface area contributed by atoms with E-state index < -0.39 is 22.4 Å². The number of rotatable bonds is 23. The number of hydrogen-bond donors (Lipinski definition) is 8. The van der Waals surface area contributed by atoms with Gasteiger partial charge in [0.05, 0.1) is 46.8 Å². The van der Waals surface area contributed by atoms with Gasteiger partial charge in [0.2, 0.25) is 0 Å². The summed E-state index contributed by atoms with van der Waals surface area (Å²) in [7, 11) is 0. The van der Waals surface area contributed by atoms with Crippen LogP contribution in [0.25, 0.3) is 0 Å². The fourth-order valence-corrected chi connectivity index (χ4v) is 37.7. The first-order valence-electron chi connectivity index (χ1n) is 53.6. The van der Waals surface area contributed by atoms with E-state index in [9.17, 15) is 50.4 Å². The van der Waals surface area contributed by atoms with Gasteiger partial charge in [0.15, 0.2) is 0 Å². The third kappa shape index (κ3) is 19.7. The highest BCUT2D eigenvalue weighted by Crippen LogP contribution is 2.74. The highest BCUT2D eigenvalue weighted by molar-refractivity contribution is 7.09. The van der Waals surface area contributed by atoms with Crippen LogP contribution < -0.4 is 0 Å². The molecule has 0 aliphatic heterocycles. The molecule has 127 heavy (non-hydrogen) atoms. The maximum atomic E-state index is 12.0. The summed E-state index contributed by atoms with van der Waals surface area (Å²) in [6.45, 7) is 46.7. The van der Waals surface area contributed by atoms with Crippen LogP contribution in [0.15, 0.2) is 53.0 Å². The molecule has 0 spiro atoms. The fraction of sp³-hybridized carbons (Fsp3) is 0.895. The summed E-state index contributed by atoms with van der Waals surface area (Å²) in [5.74, 6) is 11.4. The Morgan fingerprint density at radius 2 is 0.780 bits per heavy atom. The van der Waals surface area contributed by atoms with Gasteiger partial charge in [0.1, 0.15) is 12.2 Å². The third-order valence-corrected chi connectivity index (χ3v) is 44.5. The number of aliphatic hydroxyl groups excluding tert-OH is 4. The van der Waals surface area contributed by atoms with Gasteiger partial charge in [-0.2, -0.15) is 0 Å². The van der Waals surface area contributed by atoms with Crippen molar-refractivity contribution in [3.05, 3.63) is 57.8 Å². The molecule has 17 rings (SSSR count). The van der Waals surface area contributed by atoms with Crippen LogP contribution in [0, 0.1) is 162 Å². The van der Waals surface area contributed by atoms with E-state index in [0.717, 1.165) is 202 Å². The highest BCUT2D eigenvalue weighted by Gasteiger charge is 2.69. The number of carbonyl (C=O) groups is 2. The maximum absolute atomic E-state index is 12.0. The molecule has 0 saturated heterocycles. The predicted molar refractivity (Wildman–Crippen MR) is 517 cm³/mol. The Balaban J connectivity index is 0.000000137. The molecule has 1 heterocycles. The average molecular weight is 1780 g/mol. The van der Waals surface area contributed by atoms with E-state index in [1.54, 1.807) is 11.1 Å². The Morgan fingerprint density at radius 1 is 0.433 bits per heavy atom. The Morgan fingerprint density at radius 3 is 1.14 bits per heavy atom. The molecule has 1 aromatic rings. The van der Waals surface area contributed by atoms with Crippen molar-refractivity contribution in [2.24, 2.45) is 162 Å². The quantitative estimate of drug-likeness (QED) is 0.0380. The highest BCUT2D eigenvalue weighted by atomic mass is 32.1. The normalized spacial score (nSPS) is 45.9. The van der Waals surface area contributed by atoms with Crippen molar-refractivity contribution >= 4 is 23.3 Å². The van der Waals surface area contributed by atoms with E-state index in [1.807, 2.05) is 11.3 Å². The maximum Gasteiger partial charge on any atom is 0.302 e. The number of hydrogen-bond acceptors (Lipinski definition) is 13. The molecule has 16 aliphatic rings. The molecular formula is C114H188O12S. The Kier molecular flexibility index (Phi) is 30.7. The van der Waals surface area contributed by atoms with Gasteiger partial charge in [-0.1, -0.05) is 150 Å². The number of aryl methyl sites for hydroxylation is 1. The summed E-state index contributed by atoms with van der Waals surface area (Å²) in [6, 6.07) is 4.36. The number of fused-ring (bicyclic) bond motifs is 20. The van der Waals surface area contributed by atoms with Crippen LogP contribution in [0.4, 0.5) is 0 Å². The van der Waals surface area contributed by atoms with Gasteiger partial charge in [-0.3, -0.25) is 9.59 Å². The number of carbonyl (C=O) groups excluding carboxylic acids is 2. The lowest BCUT2D eigenvalue weighted by atomic mass is 9.43. The summed E-state index contributed by atoms with van der Waals surface area (Å²) in [6.07, 6.45) is 53.3. The fourth-order valence-electron chi connectivity index (χ4n) is 37.0. The van der Waals surface area contributed by atoms with Crippen LogP contribution in [0.5, 0.6) is 0 Å². The minimum absolute atomic E-state index is 0.0725. The van der Waals surface area contributed by atoms with Crippen LogP contribution in [0.2, 0.25) is 0 Å². The van der Waals surface area contributed by atoms with E-state index >= 15 is 0 Å². The molecule has 37 atom stereocenters. The molecule has 0 radical (unpaired) electrons. The average Bonchev–Trinajstić information content (AvgIpc) is 1.47. The number of aliphatic hydroxyl groups is 8. The van der Waals surface area contributed by atoms with Crippen molar-refractivity contribution in [3.8, 4) is 0 Å². The van der Waals surface area contributed by atoms with Crippen LogP contribution >= 0.6 is 11.3 Å². The lowest BCUT2D eigenvalue weighted by Crippen LogP contribution is -2.59. The van der Waals surface area contributed by atoms with Crippen molar-refractivity contribution in [1.82, 2.24) is 0 Å². The third-order valence-electron chi connectivity index (χ3n) is 43.6. The lowest BCUT2D eigenvalue weighted by molar-refractivity contribution is -0.196. The molecule has 0 aromatic carbocycles. The molecule has 12 nitrogen and oxygen atoms in total. The molecule has 6 unspecified atom stereocenters. The second-order valence-electron chi connectivity index (χ2n) is 51.5. The van der Waals surface area contributed by atoms with Gasteiger partial charge in [-0.25, -0.2) is 0 Å². The zero-order valence-corrected chi connectivity index (χ0v) is 84.9. The van der Waals surface area contributed by atoms with Gasteiger partial charge in [0.25, 0.3) is 0 Å². The van der Waals surface area contributed by atoms with E-state index in [-0.39, 0.29) is 87.5 Å². The van der Waals surface area contributed by atoms with Gasteiger partial charge >= 0.3 is 11.9 Å². The van der Waals surface area contributed by atoms with Crippen molar-refractivity contribution in [3.63, 3.8) is 0 Å². The van der Waals surface area contributed by atoms with E-state index in [2.05, 4.69) is 154 Å². The van der Waals surface area contributed by atoms with E-state index in [1.165, 1.54) is 153 Å². The molecule has 722 valence electrons. The number of ether oxygens (including phenoxy) is 2. The zero-order valence-electron chi connectivity index (χ0n) is 84.0. The minimum Gasteiger partial charge on any atom is -0.462 e. The van der Waals surface area contributed by atoms with Crippen molar-refractivity contribution in [1.29, 1.82) is 0 Å². The Labute approximate surface area is 777 Å². The SMILES string of the molecule is C=C(C)CCC[C@](C)(O)[C@H]1CC[C@H]2[C@@H]3C[C@H](OC(C)=O)[C@H]4C[C@@H](O)CC[C@]4(C)[C@H]3CC[C@@]21C.CC(=O)O[C@H]1CC2C3CCC([C@@](C)(O)CCCC(C)C)[C@@]3(C)CCC2[C@@]2(C)CC[C@H](O)CC12.CCC(C)CCC[C@](C)(O)[C@H]1CC[C@H]2[C@@H]3CC=C4C[C@@H](O)CC[C@]4(C)[C@H]3CC[C@@]21C.C[C@]12CC[C@H]3[C@@H](CC=C4C[C@@H](O)CC[C@@]43C)[C@@H]1CC[C@@H]2[C@@](C)(O)CCCc1cccs1. The van der Waals surface area contributed by atoms with Crippen LogP contribution in [-0.4, -0.2) is 112 Å². The minimum atomic E-state index is -0.642. The van der Waals surface area contributed by atoms with Gasteiger partial charge in [-0.05, 0) is 453 Å². The monoisotopic (exact) mass is 1780 g/mol. The number of esters is 2. The summed E-state index contributed by atoms with van der Waals surface area (Å²) in [4.78, 5) is 25.5. The summed E-state index contributed by atoms with van der Waals surface area (Å²) in [5, 5.41) is 90.2. The van der Waals surface area contributed by atoms with Crippen molar-refractivity contribution in [2.45, 2.75) is 480 Å². The molecule has 13 heteroatoms. The topological polar surface area (TPSA) is 214 Å². The van der Waals surface area contributed by atoms with Crippen molar-refractivity contribution < 1.29 is 59.9 Å². The van der Waals surface area contributed by atoms with E-state index in [0.29, 0.717) is 81.3 Å². The molecule has 16 aliphatic carbocycles. The first kappa shape index (κ1) is 100. The summed E-state index contributed by atoms with van der Waals surface area (Å²) < 4.78 is 11.9. The molecule has 0 amide bonds. The molecule has 14 fully saturated rings. The number of thiophene rings is 1. The van der Waals surface area contributed by atoms with Gasteiger partial charge < -0.3 is 50.3 Å². The molecule has 0 bridgehead atoms. The van der Waals surface area contributed by atoms with Crippen LogP contribution in [0.1, 0.15) is 419 Å². The number of allylic oxidation sites excluding steroid dienone is 3. The smallest absolute Gasteiger partial charge is 0.302 e. The second kappa shape index (κ2) is 38.8. The van der Waals surface area contributed by atoms with E-state index in [4.69, 9.17) is 9.47 Å². The largest absolute Gasteiger partial charge is 0.462 e. The summed E-state index contributed by atoms with van der Waals surface area (Å²) in [5.41, 5.74) is 3.81. The predicted octanol–water partition coefficient (Wildman–Crippen LogP) is 25.8. The first-order valence-corrected chi connectivity index (χ1v) is 54.5. The Bertz CT molecular complexity index is 3930. The first-order chi connectivity index (χ1) is 59.6. The zero-order chi connectivity index (χ0) is 92.0. The van der Waals surface area contributed by atoms with Gasteiger partial charge in [0, 0.05) is 30.6 Å². The molecule has 14 saturated carbocycles. The second-order valence-corrected chi connectivity index (χ2v) is 52.5. The molecule has 8 N–H and O–H groups in total. The van der Waals surface area contributed by atoms with Crippen LogP contribution in [0.3, 0.4) is 0 Å². The molecular weight excluding hydrogens is 1590 g/mol. The standard InChI is InChI=1S/C29H50O4.C29H48O4.C28H42O2S.C28H48O2/c2*1-18(2)8-7-13-29(6,32)26-10-9-22-21-17-25(33-19(3)30)24-16-20(31)11-14-27(24,4)23(21)12-15-28(22,26)5;1-26-15-12-20(29)18-19(26)8-9-22-23-10-11-25(27(23,2)16-13-24(22)26)28(3,30)14-4-6-21-7-5-17-31-21;1-6-19(2)8-7-15-28(5,30)25-12-11-23-22-10-9-20-18-21(29)13-16-26(20,3)24(22)14-17-27(23,25)4/h18,20-26,31-32H,7-17H2,1-6H3;20-26,31-32H,1,7-17H2,2-6H3;5,7-8,17,20,22-25,29-30H,4,6,9-16,18H2,1-3H3;9,19,21-25,29-30H,6-8,10-18H2,1-5H3/t20-,21?,22?,23?,24?,25-,26?,27+,28-,29-;20-,21-,22-,23-,24+,25-,26-,27+,28-,29-;20-,22-,23-,24-,25-,26-,27-,28-;19?,21-,22-,23-,24-,25-,26-,27-,28-/m0000/s1. The van der Waals surface area contributed by atoms with Gasteiger partial charge in [-0.15, -0.1) is 17.9 Å². The summed E-state index contributed by atoms with van der Waals surface area (Å²) >= 11 is 1.84. The van der Waals surface area contributed by atoms with Crippen LogP contribution in [-0.2, 0) is 25.5 Å².